The summed E-state index contributed by atoms with van der Waals surface area (Å²) >= 11 is 0. The Morgan fingerprint density at radius 1 is 1.02 bits per heavy atom. The molecule has 2 N–H and O–H groups in total. The summed E-state index contributed by atoms with van der Waals surface area (Å²) in [5.74, 6) is 6.30. The van der Waals surface area contributed by atoms with Crippen LogP contribution in [0, 0.1) is 17.8 Å². The third-order valence-electron chi connectivity index (χ3n) is 7.99. The highest BCUT2D eigenvalue weighted by atomic mass is 32.2. The highest BCUT2D eigenvalue weighted by Crippen LogP contribution is 2.33. The molecule has 2 aliphatic rings. The van der Waals surface area contributed by atoms with Gasteiger partial charge in [-0.3, -0.25) is 0 Å². The normalized spacial score (nSPS) is 21.1. The third kappa shape index (κ3) is 8.85. The number of sulfone groups is 1. The van der Waals surface area contributed by atoms with Gasteiger partial charge in [-0.05, 0) is 68.6 Å². The minimum atomic E-state index is -4.44. The van der Waals surface area contributed by atoms with Gasteiger partial charge in [0.2, 0.25) is 0 Å². The first-order valence-corrected chi connectivity index (χ1v) is 16.9. The van der Waals surface area contributed by atoms with Crippen molar-refractivity contribution < 1.29 is 35.8 Å². The summed E-state index contributed by atoms with van der Waals surface area (Å²) in [6.45, 7) is 2.43. The SMILES string of the molecule is CN1CC[C@H]2Nc3cccc4c3cc(n4CC(F)(F)F)C#CCNc3ccc(S(C)(=O)=O)c(c3)OCCOCCOCC[C@H]2C1. The van der Waals surface area contributed by atoms with Crippen molar-refractivity contribution in [1.29, 1.82) is 0 Å². The Bertz CT molecular complexity index is 1650. The van der Waals surface area contributed by atoms with Crippen LogP contribution in [0.5, 0.6) is 5.75 Å². The molecule has 0 spiro atoms. The topological polar surface area (TPSA) is 94.1 Å². The van der Waals surface area contributed by atoms with Crippen LogP contribution >= 0.6 is 0 Å². The van der Waals surface area contributed by atoms with Crippen LogP contribution < -0.4 is 15.4 Å². The maximum absolute atomic E-state index is 13.7. The Labute approximate surface area is 261 Å². The zero-order valence-corrected chi connectivity index (χ0v) is 26.3. The van der Waals surface area contributed by atoms with E-state index in [2.05, 4.69) is 34.4 Å². The van der Waals surface area contributed by atoms with Crippen molar-refractivity contribution in [3.63, 3.8) is 0 Å². The number of aromatic nitrogens is 1. The van der Waals surface area contributed by atoms with Gasteiger partial charge in [0.1, 0.15) is 23.8 Å². The van der Waals surface area contributed by atoms with Gasteiger partial charge in [-0.15, -0.1) is 0 Å². The Hall–Kier alpha value is -3.44. The van der Waals surface area contributed by atoms with Crippen LogP contribution in [-0.2, 0) is 25.9 Å². The van der Waals surface area contributed by atoms with Crippen molar-refractivity contribution in [3.8, 4) is 17.6 Å². The van der Waals surface area contributed by atoms with Gasteiger partial charge in [-0.2, -0.15) is 13.2 Å². The third-order valence-corrected chi connectivity index (χ3v) is 9.13. The van der Waals surface area contributed by atoms with E-state index in [1.165, 1.54) is 10.6 Å². The van der Waals surface area contributed by atoms with Crippen molar-refractivity contribution >= 4 is 32.1 Å². The number of hydrogen-bond donors (Lipinski definition) is 2. The summed E-state index contributed by atoms with van der Waals surface area (Å²) in [7, 11) is -1.47. The number of halogens is 3. The molecule has 0 unspecified atom stereocenters. The molecule has 3 aromatic rings. The number of benzene rings is 2. The molecular formula is C32H39F3N4O5S. The molecule has 1 aromatic heterocycles. The van der Waals surface area contributed by atoms with E-state index in [9.17, 15) is 21.6 Å². The average molecular weight is 649 g/mol. The predicted octanol–water partition coefficient (Wildman–Crippen LogP) is 4.62. The zero-order chi connectivity index (χ0) is 32.0. The summed E-state index contributed by atoms with van der Waals surface area (Å²) in [5.41, 5.74) is 2.03. The predicted molar refractivity (Wildman–Crippen MR) is 168 cm³/mol. The fourth-order valence-electron chi connectivity index (χ4n) is 5.85. The molecule has 1 fully saturated rings. The Kier molecular flexibility index (Phi) is 10.5. The molecule has 5 rings (SSSR count). The van der Waals surface area contributed by atoms with E-state index < -0.39 is 22.6 Å². The molecule has 1 saturated heterocycles. The van der Waals surface area contributed by atoms with E-state index in [0.717, 1.165) is 37.9 Å². The van der Waals surface area contributed by atoms with Crippen LogP contribution in [0.1, 0.15) is 18.5 Å². The minimum Gasteiger partial charge on any atom is -0.490 e. The molecule has 0 amide bonds. The van der Waals surface area contributed by atoms with Crippen LogP contribution in [0.15, 0.2) is 47.4 Å². The highest BCUT2D eigenvalue weighted by Gasteiger charge is 2.31. The Morgan fingerprint density at radius 2 is 1.80 bits per heavy atom. The monoisotopic (exact) mass is 648 g/mol. The number of nitrogens with zero attached hydrogens (tertiary/aromatic N) is 2. The lowest BCUT2D eigenvalue weighted by Crippen LogP contribution is -2.45. The van der Waals surface area contributed by atoms with Gasteiger partial charge in [0, 0.05) is 48.3 Å². The van der Waals surface area contributed by atoms with Crippen molar-refractivity contribution in [2.24, 2.45) is 5.92 Å². The second-order valence-electron chi connectivity index (χ2n) is 11.5. The smallest absolute Gasteiger partial charge is 0.406 e. The summed E-state index contributed by atoms with van der Waals surface area (Å²) in [4.78, 5) is 2.33. The molecule has 0 aliphatic carbocycles. The molecule has 9 nitrogen and oxygen atoms in total. The van der Waals surface area contributed by atoms with Crippen molar-refractivity contribution in [2.75, 3.05) is 76.6 Å². The van der Waals surface area contributed by atoms with Gasteiger partial charge in [-0.1, -0.05) is 12.0 Å². The molecule has 0 saturated carbocycles. The average Bonchev–Trinajstić information content (AvgIpc) is 3.31. The first-order chi connectivity index (χ1) is 21.5. The fourth-order valence-corrected chi connectivity index (χ4v) is 6.64. The summed E-state index contributed by atoms with van der Waals surface area (Å²) < 4.78 is 84.3. The number of rotatable bonds is 2. The Balaban J connectivity index is 1.47. The van der Waals surface area contributed by atoms with Crippen LogP contribution in [-0.4, -0.2) is 96.1 Å². The van der Waals surface area contributed by atoms with E-state index in [1.807, 2.05) is 6.07 Å². The second-order valence-corrected chi connectivity index (χ2v) is 13.5. The second kappa shape index (κ2) is 14.3. The van der Waals surface area contributed by atoms with E-state index in [0.29, 0.717) is 36.4 Å². The van der Waals surface area contributed by atoms with Crippen LogP contribution in [0.3, 0.4) is 0 Å². The number of anilines is 2. The largest absolute Gasteiger partial charge is 0.490 e. The van der Waals surface area contributed by atoms with Crippen molar-refractivity contribution in [2.45, 2.75) is 36.5 Å². The number of hydrogen-bond acceptors (Lipinski definition) is 8. The molecule has 2 aliphatic heterocycles. The maximum atomic E-state index is 13.7. The number of nitrogens with one attached hydrogen (secondary N) is 2. The van der Waals surface area contributed by atoms with Crippen molar-refractivity contribution in [3.05, 3.63) is 48.2 Å². The van der Waals surface area contributed by atoms with Crippen molar-refractivity contribution in [1.82, 2.24) is 9.47 Å². The van der Waals surface area contributed by atoms with E-state index in [-0.39, 0.29) is 48.1 Å². The molecule has 2 aromatic carbocycles. The number of fused-ring (bicyclic) bond motifs is 4. The first-order valence-electron chi connectivity index (χ1n) is 15.0. The van der Waals surface area contributed by atoms with Gasteiger partial charge in [0.05, 0.1) is 37.6 Å². The number of likely N-dealkylation sites (tertiary alicyclic amines) is 1. The quantitative estimate of drug-likeness (QED) is 0.389. The molecule has 4 bridgehead atoms. The van der Waals surface area contributed by atoms with Gasteiger partial charge in [0.15, 0.2) is 9.84 Å². The fraction of sp³-hybridized carbons (Fsp3) is 0.500. The summed E-state index contributed by atoms with van der Waals surface area (Å²) in [5, 5.41) is 7.43. The number of ether oxygens (including phenoxy) is 3. The molecular weight excluding hydrogens is 609 g/mol. The van der Waals surface area contributed by atoms with E-state index >= 15 is 0 Å². The van der Waals surface area contributed by atoms with Crippen LogP contribution in [0.2, 0.25) is 0 Å². The summed E-state index contributed by atoms with van der Waals surface area (Å²) in [6, 6.07) is 11.8. The molecule has 3 heterocycles. The number of alkyl halides is 3. The van der Waals surface area contributed by atoms with Gasteiger partial charge < -0.3 is 34.3 Å². The van der Waals surface area contributed by atoms with Crippen LogP contribution in [0.4, 0.5) is 24.5 Å². The molecule has 0 radical (unpaired) electrons. The lowest BCUT2D eigenvalue weighted by molar-refractivity contribution is -0.140. The van der Waals surface area contributed by atoms with E-state index in [4.69, 9.17) is 14.2 Å². The van der Waals surface area contributed by atoms with Gasteiger partial charge in [-0.25, -0.2) is 8.42 Å². The zero-order valence-electron chi connectivity index (χ0n) is 25.5. The van der Waals surface area contributed by atoms with E-state index in [1.54, 1.807) is 30.3 Å². The maximum Gasteiger partial charge on any atom is 0.406 e. The molecule has 244 valence electrons. The molecule has 2 atom stereocenters. The number of piperidine rings is 1. The van der Waals surface area contributed by atoms with Crippen LogP contribution in [0.25, 0.3) is 10.9 Å². The lowest BCUT2D eigenvalue weighted by atomic mass is 9.89. The highest BCUT2D eigenvalue weighted by molar-refractivity contribution is 7.90. The standard InChI is InChI=1S/C32H39F3N4O5S/c1-38-13-10-27-23(21-38)11-14-42-15-16-43-17-18-44-30-19-24(8-9-31(30)45(2,40)41)36-12-4-5-25-20-26-28(37-27)6-3-7-29(26)39(25)22-32(33,34)35/h3,6-9,19-20,23,27,36-37H,10-18,21-22H2,1-2H3/t23-,27+/m0/s1. The lowest BCUT2D eigenvalue weighted by Gasteiger charge is -2.38. The first kappa shape index (κ1) is 32.9. The minimum absolute atomic E-state index is 0.0423. The summed E-state index contributed by atoms with van der Waals surface area (Å²) in [6.07, 6.45) is -1.63. The van der Waals surface area contributed by atoms with Gasteiger partial charge >= 0.3 is 6.18 Å². The Morgan fingerprint density at radius 3 is 2.58 bits per heavy atom. The molecule has 45 heavy (non-hydrogen) atoms. The molecule has 13 heteroatoms. The van der Waals surface area contributed by atoms with Gasteiger partial charge in [0.25, 0.3) is 0 Å².